The molecular weight excluding hydrogens is 786 g/mol. The monoisotopic (exact) mass is 841 g/mol. The summed E-state index contributed by atoms with van der Waals surface area (Å²) in [5, 5.41) is 26.3. The van der Waals surface area contributed by atoms with Crippen LogP contribution in [-0.2, 0) is 57.7 Å². The molecule has 1 atom stereocenters. The van der Waals surface area contributed by atoms with Crippen molar-refractivity contribution in [1.82, 2.24) is 45.6 Å². The predicted molar refractivity (Wildman–Crippen MR) is 216 cm³/mol. The van der Waals surface area contributed by atoms with Gasteiger partial charge >= 0.3 is 5.97 Å². The van der Waals surface area contributed by atoms with Crippen molar-refractivity contribution in [2.45, 2.75) is 51.9 Å². The summed E-state index contributed by atoms with van der Waals surface area (Å²) in [4.78, 5) is 63.8. The Bertz CT molecular complexity index is 1950. The van der Waals surface area contributed by atoms with Crippen molar-refractivity contribution in [2.75, 3.05) is 96.8 Å². The lowest BCUT2D eigenvalue weighted by Crippen LogP contribution is -2.41. The number of nitrogen functional groups attached to an aromatic ring is 1. The van der Waals surface area contributed by atoms with Gasteiger partial charge in [0.05, 0.1) is 110 Å². The Hall–Kier alpha value is -5.49. The first kappa shape index (κ1) is 47.2. The van der Waals surface area contributed by atoms with Gasteiger partial charge in [-0.15, -0.1) is 5.10 Å². The van der Waals surface area contributed by atoms with Crippen LogP contribution in [0.4, 0.5) is 11.6 Å². The number of hydrogen-bond donors (Lipinski definition) is 6. The standard InChI is InChI=1S/C38H55N11O11/c1-2-10-49-25-30(47-48-49)26-60-21-20-59-19-18-58-17-16-57-15-14-56-13-12-55-11-9-40-24-31(50)7-8-32(37(53)54)44-35(51)27-3-5-28(6-4-27)41-22-29-23-42-34-33(43-29)36(52)46-38(39)45-34/h3-6,23,25,32,40-41H,2,7-22,24,26H2,1H3,(H,44,51)(H,53,54)(H3,39,42,45,46,52)/t32-/m0/s1. The molecule has 1 aromatic carbocycles. The van der Waals surface area contributed by atoms with Gasteiger partial charge in [-0.1, -0.05) is 12.1 Å². The summed E-state index contributed by atoms with van der Waals surface area (Å²) in [5.41, 5.74) is 7.37. The summed E-state index contributed by atoms with van der Waals surface area (Å²) in [5.74, 6) is -2.09. The van der Waals surface area contributed by atoms with E-state index < -0.39 is 23.5 Å². The number of H-pyrrole nitrogens is 1. The van der Waals surface area contributed by atoms with Gasteiger partial charge in [-0.2, -0.15) is 4.98 Å². The first-order chi connectivity index (χ1) is 29.2. The number of carboxylic acids is 1. The van der Waals surface area contributed by atoms with Gasteiger partial charge in [-0.25, -0.2) is 14.8 Å². The van der Waals surface area contributed by atoms with Crippen LogP contribution in [0.25, 0.3) is 11.2 Å². The van der Waals surface area contributed by atoms with E-state index in [9.17, 15) is 24.3 Å². The van der Waals surface area contributed by atoms with E-state index in [-0.39, 0.29) is 54.4 Å². The average Bonchev–Trinajstić information content (AvgIpc) is 3.69. The molecular formula is C38H55N11O11. The number of benzene rings is 1. The van der Waals surface area contributed by atoms with E-state index in [0.29, 0.717) is 97.2 Å². The maximum absolute atomic E-state index is 12.8. The number of nitrogens with two attached hydrogens (primary N) is 1. The second-order valence-corrected chi connectivity index (χ2v) is 13.1. The Balaban J connectivity index is 0.928. The molecule has 22 heteroatoms. The first-order valence-electron chi connectivity index (χ1n) is 19.7. The molecule has 3 heterocycles. The molecule has 0 radical (unpaired) electrons. The topological polar surface area (TPSA) is 291 Å². The summed E-state index contributed by atoms with van der Waals surface area (Å²) >= 11 is 0. The summed E-state index contributed by atoms with van der Waals surface area (Å²) in [6.07, 6.45) is 4.24. The maximum Gasteiger partial charge on any atom is 0.326 e. The summed E-state index contributed by atoms with van der Waals surface area (Å²) in [6, 6.07) is 5.08. The number of ketones is 1. The van der Waals surface area contributed by atoms with Gasteiger partial charge < -0.3 is 55.2 Å². The van der Waals surface area contributed by atoms with Gasteiger partial charge in [0, 0.05) is 30.8 Å². The fraction of sp³-hybridized carbons (Fsp3) is 0.553. The third kappa shape index (κ3) is 18.2. The Kier molecular flexibility index (Phi) is 21.5. The lowest BCUT2D eigenvalue weighted by atomic mass is 10.1. The second-order valence-electron chi connectivity index (χ2n) is 13.1. The number of carboxylic acid groups (broad SMARTS) is 1. The van der Waals surface area contributed by atoms with Crippen LogP contribution in [0.5, 0.6) is 0 Å². The van der Waals surface area contributed by atoms with Crippen molar-refractivity contribution < 1.29 is 47.9 Å². The number of fused-ring (bicyclic) bond motifs is 1. The molecule has 0 fully saturated rings. The number of rotatable bonds is 33. The van der Waals surface area contributed by atoms with Gasteiger partial charge in [-0.05, 0) is 37.1 Å². The highest BCUT2D eigenvalue weighted by Gasteiger charge is 2.22. The SMILES string of the molecule is CCCn1cc(COCCOCCOCCOCCOCCOCCNCC(=O)CC[C@H](NC(=O)c2ccc(NCc3cnc4nc(N)[nH]c(=O)c4n3)cc2)C(=O)O)nn1. The van der Waals surface area contributed by atoms with E-state index in [1.807, 2.05) is 6.20 Å². The number of amides is 1. The van der Waals surface area contributed by atoms with Gasteiger partial charge in [0.2, 0.25) is 5.95 Å². The summed E-state index contributed by atoms with van der Waals surface area (Å²) < 4.78 is 34.8. The number of aromatic nitrogens is 7. The highest BCUT2D eigenvalue weighted by Crippen LogP contribution is 2.12. The number of anilines is 2. The van der Waals surface area contributed by atoms with Crippen molar-refractivity contribution in [3.63, 3.8) is 0 Å². The number of aromatic amines is 1. The Labute approximate surface area is 346 Å². The van der Waals surface area contributed by atoms with E-state index in [1.165, 1.54) is 18.3 Å². The lowest BCUT2D eigenvalue weighted by molar-refractivity contribution is -0.139. The van der Waals surface area contributed by atoms with Crippen LogP contribution in [-0.4, -0.2) is 150 Å². The molecule has 0 aliphatic heterocycles. The molecule has 0 saturated heterocycles. The molecule has 60 heavy (non-hydrogen) atoms. The van der Waals surface area contributed by atoms with Crippen LogP contribution in [0.3, 0.4) is 0 Å². The normalized spacial score (nSPS) is 11.8. The molecule has 0 spiro atoms. The van der Waals surface area contributed by atoms with Gasteiger partial charge in [-0.3, -0.25) is 24.0 Å². The number of hydrogen-bond acceptors (Lipinski definition) is 18. The number of carbonyl (C=O) groups excluding carboxylic acids is 2. The van der Waals surface area contributed by atoms with Crippen molar-refractivity contribution in [2.24, 2.45) is 0 Å². The summed E-state index contributed by atoms with van der Waals surface area (Å²) in [6.45, 7) is 8.75. The lowest BCUT2D eigenvalue weighted by Gasteiger charge is -2.15. The number of aryl methyl sites for hydroxylation is 1. The molecule has 0 unspecified atom stereocenters. The van der Waals surface area contributed by atoms with Gasteiger partial charge in [0.25, 0.3) is 11.5 Å². The zero-order valence-corrected chi connectivity index (χ0v) is 33.8. The van der Waals surface area contributed by atoms with Crippen LogP contribution in [0.1, 0.15) is 47.9 Å². The molecule has 7 N–H and O–H groups in total. The number of nitrogens with one attached hydrogen (secondary N) is 4. The zero-order valence-electron chi connectivity index (χ0n) is 33.8. The van der Waals surface area contributed by atoms with Crippen molar-refractivity contribution in [3.8, 4) is 0 Å². The Morgan fingerprint density at radius 1 is 0.867 bits per heavy atom. The second kappa shape index (κ2) is 27.3. The van der Waals surface area contributed by atoms with Crippen LogP contribution in [0.2, 0.25) is 0 Å². The molecule has 1 amide bonds. The van der Waals surface area contributed by atoms with E-state index in [1.54, 1.807) is 16.8 Å². The van der Waals surface area contributed by atoms with Gasteiger partial charge in [0.1, 0.15) is 17.5 Å². The molecule has 0 aliphatic carbocycles. The van der Waals surface area contributed by atoms with E-state index in [0.717, 1.165) is 18.7 Å². The molecule has 22 nitrogen and oxygen atoms in total. The molecule has 0 bridgehead atoms. The highest BCUT2D eigenvalue weighted by molar-refractivity contribution is 5.97. The number of aliphatic carboxylic acids is 1. The minimum absolute atomic E-state index is 0.0378. The first-order valence-corrected chi connectivity index (χ1v) is 19.7. The minimum Gasteiger partial charge on any atom is -0.480 e. The molecule has 3 aromatic heterocycles. The van der Waals surface area contributed by atoms with E-state index in [4.69, 9.17) is 34.2 Å². The molecule has 0 aliphatic rings. The third-order valence-electron chi connectivity index (χ3n) is 8.32. The number of nitrogens with zero attached hydrogens (tertiary/aromatic N) is 6. The quantitative estimate of drug-likeness (QED) is 0.0352. The molecule has 4 aromatic rings. The van der Waals surface area contributed by atoms with Crippen LogP contribution >= 0.6 is 0 Å². The molecule has 4 rings (SSSR count). The fourth-order valence-corrected chi connectivity index (χ4v) is 5.27. The van der Waals surface area contributed by atoms with Crippen LogP contribution < -0.4 is 27.2 Å². The van der Waals surface area contributed by atoms with Crippen LogP contribution in [0, 0.1) is 0 Å². The molecule has 328 valence electrons. The maximum atomic E-state index is 12.8. The average molecular weight is 842 g/mol. The van der Waals surface area contributed by atoms with E-state index >= 15 is 0 Å². The smallest absolute Gasteiger partial charge is 0.326 e. The van der Waals surface area contributed by atoms with Crippen LogP contribution in [0.15, 0.2) is 41.5 Å². The number of carbonyl (C=O) groups is 3. The van der Waals surface area contributed by atoms with Crippen molar-refractivity contribution in [1.29, 1.82) is 0 Å². The van der Waals surface area contributed by atoms with Crippen molar-refractivity contribution >= 4 is 40.5 Å². The van der Waals surface area contributed by atoms with Gasteiger partial charge in [0.15, 0.2) is 11.2 Å². The number of ether oxygens (including phenoxy) is 6. The largest absolute Gasteiger partial charge is 0.480 e. The zero-order chi connectivity index (χ0) is 42.8. The Morgan fingerprint density at radius 2 is 1.50 bits per heavy atom. The minimum atomic E-state index is -1.25. The third-order valence-corrected chi connectivity index (χ3v) is 8.32. The fourth-order valence-electron chi connectivity index (χ4n) is 5.27. The Morgan fingerprint density at radius 3 is 2.13 bits per heavy atom. The highest BCUT2D eigenvalue weighted by atomic mass is 16.6. The van der Waals surface area contributed by atoms with Crippen molar-refractivity contribution in [3.05, 3.63) is 64.0 Å². The van der Waals surface area contributed by atoms with E-state index in [2.05, 4.69) is 53.1 Å². The summed E-state index contributed by atoms with van der Waals surface area (Å²) in [7, 11) is 0. The number of Topliss-reactive ketones (excluding diaryl/α,β-unsaturated/α-hetero) is 1. The molecule has 0 saturated carbocycles. The predicted octanol–water partition coefficient (Wildman–Crippen LogP) is 0.331.